The summed E-state index contributed by atoms with van der Waals surface area (Å²) >= 11 is 2.33. The van der Waals surface area contributed by atoms with Gasteiger partial charge in [0.1, 0.15) is 11.9 Å². The SMILES string of the molecule is C=CC=O.Cc1ccc(-c2c(SI)[nH]c3ncc(COC(C)C)cc23)cc1N(C)C. The van der Waals surface area contributed by atoms with Crippen LogP contribution in [-0.4, -0.2) is 36.5 Å². The molecule has 0 saturated carbocycles. The van der Waals surface area contributed by atoms with Gasteiger partial charge >= 0.3 is 0 Å². The first kappa shape index (κ1) is 24.4. The Hall–Kier alpha value is -1.84. The number of aryl methyl sites for hydroxylation is 1. The highest BCUT2D eigenvalue weighted by atomic mass is 127. The summed E-state index contributed by atoms with van der Waals surface area (Å²) in [6.07, 6.45) is 3.93. The number of carbonyl (C=O) groups excluding carboxylic acids is 1. The van der Waals surface area contributed by atoms with Crippen LogP contribution in [0, 0.1) is 6.92 Å². The maximum Gasteiger partial charge on any atom is 0.142 e. The standard InChI is InChI=1S/C20H24IN3OS.C3H4O/c1-12(2)25-11-14-8-16-18(20(26-21)23-19(16)22-10-14)15-7-6-13(3)17(9-15)24(4)5;1-2-3-4/h6-10,12H,11H2,1-5H3,(H,22,23);2-3H,1H2. The third-order valence-electron chi connectivity index (χ3n) is 4.41. The Kier molecular flexibility index (Phi) is 9.38. The number of benzene rings is 1. The van der Waals surface area contributed by atoms with Crippen LogP contribution >= 0.6 is 30.1 Å². The summed E-state index contributed by atoms with van der Waals surface area (Å²) in [6, 6.07) is 8.83. The van der Waals surface area contributed by atoms with Crippen LogP contribution in [0.3, 0.4) is 0 Å². The lowest BCUT2D eigenvalue weighted by Gasteiger charge is -2.17. The third kappa shape index (κ3) is 6.09. The normalized spacial score (nSPS) is 10.6. The van der Waals surface area contributed by atoms with E-state index < -0.39 is 0 Å². The van der Waals surface area contributed by atoms with Gasteiger partial charge in [0.25, 0.3) is 0 Å². The van der Waals surface area contributed by atoms with Crippen molar-refractivity contribution in [1.29, 1.82) is 0 Å². The number of carbonyl (C=O) groups is 1. The summed E-state index contributed by atoms with van der Waals surface area (Å²) in [5, 5.41) is 2.27. The number of rotatable bonds is 7. The third-order valence-corrected chi connectivity index (χ3v) is 6.19. The summed E-state index contributed by atoms with van der Waals surface area (Å²) in [5.41, 5.74) is 6.92. The van der Waals surface area contributed by atoms with Crippen LogP contribution in [0.25, 0.3) is 22.2 Å². The van der Waals surface area contributed by atoms with Crippen LogP contribution in [0.15, 0.2) is 48.1 Å². The number of hydrogen-bond donors (Lipinski definition) is 1. The molecule has 0 saturated heterocycles. The molecule has 0 unspecified atom stereocenters. The second kappa shape index (κ2) is 11.5. The minimum atomic E-state index is 0.205. The number of H-pyrrole nitrogens is 1. The average Bonchev–Trinajstić information content (AvgIpc) is 3.10. The first-order chi connectivity index (χ1) is 14.3. The molecule has 0 atom stereocenters. The Balaban J connectivity index is 0.000000735. The van der Waals surface area contributed by atoms with Crippen molar-refractivity contribution in [2.75, 3.05) is 19.0 Å². The van der Waals surface area contributed by atoms with Gasteiger partial charge in [0.15, 0.2) is 0 Å². The highest BCUT2D eigenvalue weighted by Crippen LogP contribution is 2.41. The van der Waals surface area contributed by atoms with Crippen molar-refractivity contribution in [3.8, 4) is 11.1 Å². The number of aldehydes is 1. The molecule has 3 rings (SSSR count). The van der Waals surface area contributed by atoms with Crippen molar-refractivity contribution in [3.63, 3.8) is 0 Å². The van der Waals surface area contributed by atoms with E-state index >= 15 is 0 Å². The van der Waals surface area contributed by atoms with E-state index in [2.05, 4.69) is 87.9 Å². The van der Waals surface area contributed by atoms with Gasteiger partial charge in [0.05, 0.1) is 17.7 Å². The zero-order valence-electron chi connectivity index (χ0n) is 18.0. The van der Waals surface area contributed by atoms with Gasteiger partial charge in [-0.25, -0.2) is 4.98 Å². The molecule has 0 fully saturated rings. The number of nitrogens with one attached hydrogen (secondary N) is 1. The maximum absolute atomic E-state index is 9.06. The molecule has 0 aliphatic rings. The second-order valence-corrected chi connectivity index (χ2v) is 9.16. The number of hydrogen-bond acceptors (Lipinski definition) is 5. The van der Waals surface area contributed by atoms with Crippen LogP contribution in [0.2, 0.25) is 0 Å². The number of aromatic nitrogens is 2. The molecule has 5 nitrogen and oxygen atoms in total. The van der Waals surface area contributed by atoms with Gasteiger partial charge in [-0.3, -0.25) is 4.79 Å². The van der Waals surface area contributed by atoms with Crippen molar-refractivity contribution in [2.45, 2.75) is 38.5 Å². The lowest BCUT2D eigenvalue weighted by Crippen LogP contribution is -2.10. The number of fused-ring (bicyclic) bond motifs is 1. The maximum atomic E-state index is 9.06. The topological polar surface area (TPSA) is 58.2 Å². The van der Waals surface area contributed by atoms with Crippen molar-refractivity contribution < 1.29 is 9.53 Å². The van der Waals surface area contributed by atoms with E-state index in [0.29, 0.717) is 12.9 Å². The van der Waals surface area contributed by atoms with Crippen LogP contribution in [0.1, 0.15) is 25.0 Å². The number of pyridine rings is 1. The Bertz CT molecular complexity index is 1010. The average molecular weight is 537 g/mol. The van der Waals surface area contributed by atoms with E-state index in [4.69, 9.17) is 9.53 Å². The molecule has 0 spiro atoms. The number of nitrogens with zero attached hydrogens (tertiary/aromatic N) is 2. The van der Waals surface area contributed by atoms with Crippen LogP contribution in [-0.2, 0) is 16.1 Å². The predicted octanol–water partition coefficient (Wildman–Crippen LogP) is 6.34. The second-order valence-electron chi connectivity index (χ2n) is 7.27. The predicted molar refractivity (Wildman–Crippen MR) is 137 cm³/mol. The number of anilines is 1. The van der Waals surface area contributed by atoms with Gasteiger partial charge in [0.2, 0.25) is 0 Å². The lowest BCUT2D eigenvalue weighted by molar-refractivity contribution is -0.104. The first-order valence-electron chi connectivity index (χ1n) is 9.57. The fourth-order valence-electron chi connectivity index (χ4n) is 3.02. The molecule has 0 aliphatic heterocycles. The van der Waals surface area contributed by atoms with E-state index in [1.807, 2.05) is 20.0 Å². The molecule has 30 heavy (non-hydrogen) atoms. The highest BCUT2D eigenvalue weighted by Gasteiger charge is 2.16. The molecule has 0 bridgehead atoms. The number of ether oxygens (including phenoxy) is 1. The van der Waals surface area contributed by atoms with Gasteiger partial charge < -0.3 is 14.6 Å². The van der Waals surface area contributed by atoms with E-state index in [1.165, 1.54) is 28.5 Å². The Labute approximate surface area is 194 Å². The van der Waals surface area contributed by atoms with Crippen molar-refractivity contribution in [3.05, 3.63) is 54.2 Å². The van der Waals surface area contributed by atoms with E-state index in [9.17, 15) is 0 Å². The Morgan fingerprint density at radius 1 is 1.33 bits per heavy atom. The summed E-state index contributed by atoms with van der Waals surface area (Å²) in [5.74, 6) is 0. The zero-order chi connectivity index (χ0) is 22.3. The molecule has 1 N–H and O–H groups in total. The van der Waals surface area contributed by atoms with Crippen LogP contribution < -0.4 is 4.90 Å². The first-order valence-corrected chi connectivity index (χ1v) is 12.9. The summed E-state index contributed by atoms with van der Waals surface area (Å²) in [7, 11) is 5.85. The smallest absolute Gasteiger partial charge is 0.142 e. The quantitative estimate of drug-likeness (QED) is 0.217. The van der Waals surface area contributed by atoms with Gasteiger partial charge in [-0.15, -0.1) is 0 Å². The number of allylic oxidation sites excluding steroid dienone is 1. The monoisotopic (exact) mass is 537 g/mol. The van der Waals surface area contributed by atoms with E-state index in [0.717, 1.165) is 21.6 Å². The molecule has 0 aliphatic carbocycles. The number of halogens is 1. The zero-order valence-corrected chi connectivity index (χ0v) is 21.0. The minimum absolute atomic E-state index is 0.205. The van der Waals surface area contributed by atoms with Crippen molar-refractivity contribution in [2.24, 2.45) is 0 Å². The van der Waals surface area contributed by atoms with E-state index in [-0.39, 0.29) is 6.10 Å². The highest BCUT2D eigenvalue weighted by molar-refractivity contribution is 14.2. The van der Waals surface area contributed by atoms with E-state index in [1.54, 1.807) is 8.93 Å². The molecule has 0 radical (unpaired) electrons. The molecule has 7 heteroatoms. The molecular formula is C23H28IN3O2S. The number of aromatic amines is 1. The largest absolute Gasteiger partial charge is 0.377 e. The molecule has 0 amide bonds. The molecular weight excluding hydrogens is 509 g/mol. The molecule has 2 heterocycles. The van der Waals surface area contributed by atoms with Crippen LogP contribution in [0.4, 0.5) is 5.69 Å². The minimum Gasteiger partial charge on any atom is -0.377 e. The molecule has 2 aromatic heterocycles. The Morgan fingerprint density at radius 3 is 2.60 bits per heavy atom. The van der Waals surface area contributed by atoms with Gasteiger partial charge in [-0.05, 0) is 64.6 Å². The van der Waals surface area contributed by atoms with Gasteiger partial charge in [-0.1, -0.05) is 18.7 Å². The summed E-state index contributed by atoms with van der Waals surface area (Å²) < 4.78 is 5.76. The molecule has 160 valence electrons. The van der Waals surface area contributed by atoms with Gasteiger partial charge in [-0.2, -0.15) is 0 Å². The molecule has 3 aromatic rings. The van der Waals surface area contributed by atoms with Crippen molar-refractivity contribution >= 4 is 53.1 Å². The van der Waals surface area contributed by atoms with Crippen LogP contribution in [0.5, 0.6) is 0 Å². The fraction of sp³-hybridized carbons (Fsp3) is 0.304. The fourth-order valence-corrected chi connectivity index (χ4v) is 4.45. The van der Waals surface area contributed by atoms with Gasteiger partial charge in [0, 0.05) is 58.1 Å². The van der Waals surface area contributed by atoms with Crippen molar-refractivity contribution in [1.82, 2.24) is 9.97 Å². The summed E-state index contributed by atoms with van der Waals surface area (Å²) in [4.78, 5) is 19.3. The molecule has 1 aromatic carbocycles. The summed E-state index contributed by atoms with van der Waals surface area (Å²) in [6.45, 7) is 9.93. The Morgan fingerprint density at radius 2 is 2.03 bits per heavy atom. The lowest BCUT2D eigenvalue weighted by atomic mass is 10.0.